The van der Waals surface area contributed by atoms with Crippen molar-refractivity contribution in [3.8, 4) is 0 Å². The maximum atomic E-state index is 13.2. The van der Waals surface area contributed by atoms with Crippen molar-refractivity contribution in [1.29, 1.82) is 0 Å². The van der Waals surface area contributed by atoms with Gasteiger partial charge in [-0.25, -0.2) is 9.13 Å². The van der Waals surface area contributed by atoms with E-state index in [-0.39, 0.29) is 25.7 Å². The number of hydrogen-bond acceptors (Lipinski definition) is 15. The third kappa shape index (κ3) is 81.9. The molecule has 0 aliphatic heterocycles. The zero-order valence-electron chi connectivity index (χ0n) is 70.3. The second-order valence-corrected chi connectivity index (χ2v) is 35.0. The zero-order valence-corrected chi connectivity index (χ0v) is 72.1. The van der Waals surface area contributed by atoms with Crippen molar-refractivity contribution >= 4 is 39.5 Å². The van der Waals surface area contributed by atoms with Crippen LogP contribution in [0.3, 0.4) is 0 Å². The lowest BCUT2D eigenvalue weighted by molar-refractivity contribution is -0.161. The Bertz CT molecular complexity index is 2030. The average Bonchev–Trinajstić information content (AvgIpc) is 0.909. The molecule has 0 rings (SSSR count). The largest absolute Gasteiger partial charge is 0.472 e. The number of aliphatic hydroxyl groups is 1. The highest BCUT2D eigenvalue weighted by Crippen LogP contribution is 2.45. The van der Waals surface area contributed by atoms with Crippen LogP contribution in [0.1, 0.15) is 478 Å². The minimum atomic E-state index is -4.97. The van der Waals surface area contributed by atoms with Gasteiger partial charge >= 0.3 is 39.5 Å². The predicted octanol–water partition coefficient (Wildman–Crippen LogP) is 27.2. The van der Waals surface area contributed by atoms with E-state index in [0.717, 1.165) is 95.8 Å². The van der Waals surface area contributed by atoms with E-state index in [1.165, 1.54) is 302 Å². The van der Waals surface area contributed by atoms with Crippen LogP contribution in [0, 0.1) is 5.92 Å². The third-order valence-electron chi connectivity index (χ3n) is 20.8. The van der Waals surface area contributed by atoms with Crippen molar-refractivity contribution in [2.75, 3.05) is 39.6 Å². The molecule has 0 aliphatic rings. The summed E-state index contributed by atoms with van der Waals surface area (Å²) >= 11 is 0. The van der Waals surface area contributed by atoms with Crippen molar-refractivity contribution < 1.29 is 80.2 Å². The molecule has 636 valence electrons. The lowest BCUT2D eigenvalue weighted by atomic mass is 10.0. The monoisotopic (exact) mass is 1560 g/mol. The summed E-state index contributed by atoms with van der Waals surface area (Å²) in [6.07, 6.45) is 74.9. The second-order valence-electron chi connectivity index (χ2n) is 32.1. The van der Waals surface area contributed by atoms with Crippen LogP contribution in [0.4, 0.5) is 0 Å². The summed E-state index contributed by atoms with van der Waals surface area (Å²) in [5.41, 5.74) is 0. The Morgan fingerprint density at radius 3 is 0.636 bits per heavy atom. The van der Waals surface area contributed by atoms with Gasteiger partial charge in [0.2, 0.25) is 0 Å². The molecule has 0 amide bonds. The van der Waals surface area contributed by atoms with E-state index in [2.05, 4.69) is 34.6 Å². The van der Waals surface area contributed by atoms with E-state index in [0.29, 0.717) is 25.7 Å². The van der Waals surface area contributed by atoms with E-state index in [1.54, 1.807) is 0 Å². The molecule has 0 fully saturated rings. The Hall–Kier alpha value is -1.94. The van der Waals surface area contributed by atoms with Gasteiger partial charge in [0.05, 0.1) is 26.4 Å². The van der Waals surface area contributed by atoms with E-state index >= 15 is 0 Å². The van der Waals surface area contributed by atoms with E-state index in [9.17, 15) is 43.2 Å². The number of aliphatic hydroxyl groups excluding tert-OH is 1. The minimum absolute atomic E-state index is 0.109. The summed E-state index contributed by atoms with van der Waals surface area (Å²) < 4.78 is 69.0. The van der Waals surface area contributed by atoms with E-state index in [1.807, 2.05) is 0 Å². The molecule has 17 nitrogen and oxygen atoms in total. The van der Waals surface area contributed by atoms with Crippen LogP contribution < -0.4 is 0 Å². The summed E-state index contributed by atoms with van der Waals surface area (Å²) in [6, 6.07) is 0. The number of phosphoric acid groups is 2. The Balaban J connectivity index is 5.23. The van der Waals surface area contributed by atoms with Crippen LogP contribution in [0.2, 0.25) is 0 Å². The van der Waals surface area contributed by atoms with Gasteiger partial charge in [0.15, 0.2) is 12.2 Å². The molecule has 0 saturated heterocycles. The number of rotatable bonds is 88. The lowest BCUT2D eigenvalue weighted by Crippen LogP contribution is -2.30. The summed E-state index contributed by atoms with van der Waals surface area (Å²) in [5, 5.41) is 10.7. The molecule has 5 atom stereocenters. The minimum Gasteiger partial charge on any atom is -0.462 e. The second kappa shape index (κ2) is 80.7. The van der Waals surface area contributed by atoms with Crippen LogP contribution in [0.15, 0.2) is 0 Å². The number of ether oxygens (including phenoxy) is 4. The highest BCUT2D eigenvalue weighted by molar-refractivity contribution is 7.47. The number of hydrogen-bond donors (Lipinski definition) is 3. The molecule has 0 aromatic rings. The molecule has 3 N–H and O–H groups in total. The molecule has 19 heteroatoms. The molecule has 0 aliphatic carbocycles. The quantitative estimate of drug-likeness (QED) is 0.0222. The average molecular weight is 1560 g/mol. The molecule has 0 bridgehead atoms. The molecule has 0 aromatic heterocycles. The van der Waals surface area contributed by atoms with Crippen molar-refractivity contribution in [3.63, 3.8) is 0 Å². The Labute approximate surface area is 658 Å². The summed E-state index contributed by atoms with van der Waals surface area (Å²) in [7, 11) is -9.93. The maximum Gasteiger partial charge on any atom is 0.472 e. The van der Waals surface area contributed by atoms with Gasteiger partial charge in [-0.2, -0.15) is 0 Å². The van der Waals surface area contributed by atoms with Gasteiger partial charge in [-0.3, -0.25) is 37.3 Å². The smallest absolute Gasteiger partial charge is 0.462 e. The number of carbonyl (C=O) groups excluding carboxylic acids is 4. The first kappa shape index (κ1) is 105. The fourth-order valence-electron chi connectivity index (χ4n) is 13.8. The fourth-order valence-corrected chi connectivity index (χ4v) is 15.4. The van der Waals surface area contributed by atoms with E-state index < -0.39 is 97.5 Å². The first-order chi connectivity index (χ1) is 52.0. The van der Waals surface area contributed by atoms with Crippen LogP contribution >= 0.6 is 15.6 Å². The summed E-state index contributed by atoms with van der Waals surface area (Å²) in [4.78, 5) is 73.3. The van der Waals surface area contributed by atoms with Crippen LogP contribution in [0.5, 0.6) is 0 Å². The molecule has 0 radical (unpaired) electrons. The standard InChI is InChI=1S/C88H172O17P2/c1-6-9-12-15-18-21-24-26-28-30-35-38-42-47-52-57-62-67-72-86(91)99-78-84(105-88(93)74-69-64-59-54-49-44-40-36-32-31-34-37-41-46-50-55-60-65-70-81(4)5)80-103-107(96,97)101-76-82(89)75-100-106(94,95)102-79-83(77-98-85(90)71-66-61-56-51-45-23-20-17-14-11-8-3)104-87(92)73-68-63-58-53-48-43-39-33-29-27-25-22-19-16-13-10-7-2/h81-84,89H,6-80H2,1-5H3,(H,94,95)(H,96,97)/t82-,83+,84+/m0/s1. The third-order valence-corrected chi connectivity index (χ3v) is 22.7. The lowest BCUT2D eigenvalue weighted by Gasteiger charge is -2.21. The van der Waals surface area contributed by atoms with Crippen molar-refractivity contribution in [2.45, 2.75) is 496 Å². The first-order valence-corrected chi connectivity index (χ1v) is 48.6. The maximum absolute atomic E-state index is 13.2. The van der Waals surface area contributed by atoms with Crippen molar-refractivity contribution in [1.82, 2.24) is 0 Å². The number of unbranched alkanes of at least 4 members (excludes halogenated alkanes) is 60. The van der Waals surface area contributed by atoms with E-state index in [4.69, 9.17) is 37.0 Å². The Kier molecular flexibility index (Phi) is 79.2. The predicted molar refractivity (Wildman–Crippen MR) is 442 cm³/mol. The molecule has 0 saturated carbocycles. The highest BCUT2D eigenvalue weighted by atomic mass is 31.2. The number of esters is 4. The fraction of sp³-hybridized carbons (Fsp3) is 0.955. The van der Waals surface area contributed by atoms with Gasteiger partial charge < -0.3 is 33.8 Å². The topological polar surface area (TPSA) is 237 Å². The summed E-state index contributed by atoms with van der Waals surface area (Å²) in [5.74, 6) is -1.27. The van der Waals surface area contributed by atoms with Gasteiger partial charge in [-0.15, -0.1) is 0 Å². The molecular formula is C88H172O17P2. The molecule has 107 heavy (non-hydrogen) atoms. The van der Waals surface area contributed by atoms with Gasteiger partial charge in [0, 0.05) is 25.7 Å². The molecular weight excluding hydrogens is 1390 g/mol. The van der Waals surface area contributed by atoms with Gasteiger partial charge in [-0.1, -0.05) is 426 Å². The van der Waals surface area contributed by atoms with Gasteiger partial charge in [0.1, 0.15) is 19.3 Å². The normalized spacial score (nSPS) is 13.7. The molecule has 0 spiro atoms. The SMILES string of the molecule is CCCCCCCCCCCCCCCCCCCCC(=O)OC[C@H](COP(=O)(O)OC[C@@H](O)COP(=O)(O)OC[C@@H](COC(=O)CCCCCCCCCCCCC)OC(=O)CCCCCCCCCCCCCCCCCCC)OC(=O)CCCCCCCCCCCCCCCCCCCCC(C)C. The molecule has 0 heterocycles. The molecule has 2 unspecified atom stereocenters. The molecule has 0 aromatic carbocycles. The van der Waals surface area contributed by atoms with Gasteiger partial charge in [0.25, 0.3) is 0 Å². The van der Waals surface area contributed by atoms with Crippen LogP contribution in [0.25, 0.3) is 0 Å². The zero-order chi connectivity index (χ0) is 78.3. The van der Waals surface area contributed by atoms with Crippen molar-refractivity contribution in [2.24, 2.45) is 5.92 Å². The Morgan fingerprint density at radius 2 is 0.430 bits per heavy atom. The number of carbonyl (C=O) groups is 4. The summed E-state index contributed by atoms with van der Waals surface area (Å²) in [6.45, 7) is 7.42. The Morgan fingerprint density at radius 1 is 0.252 bits per heavy atom. The van der Waals surface area contributed by atoms with Crippen LogP contribution in [-0.2, 0) is 65.4 Å². The first-order valence-electron chi connectivity index (χ1n) is 45.6. The highest BCUT2D eigenvalue weighted by Gasteiger charge is 2.30. The van der Waals surface area contributed by atoms with Crippen molar-refractivity contribution in [3.05, 3.63) is 0 Å². The van der Waals surface area contributed by atoms with Gasteiger partial charge in [-0.05, 0) is 31.6 Å². The van der Waals surface area contributed by atoms with Crippen LogP contribution in [-0.4, -0.2) is 96.7 Å². The number of phosphoric ester groups is 2.